The van der Waals surface area contributed by atoms with E-state index in [9.17, 15) is 121 Å². The van der Waals surface area contributed by atoms with Crippen LogP contribution in [0.5, 0.6) is 0 Å². The number of hydrogen-bond acceptors (Lipinski definition) is 26. The smallest absolute Gasteiger partial charge is 0.329 e. The lowest BCUT2D eigenvalue weighted by molar-refractivity contribution is -0.156. The number of anilines is 2. The minimum absolute atomic E-state index is 0.00976. The predicted molar refractivity (Wildman–Crippen MR) is 351 cm³/mol. The number of nitrogens with two attached hydrogens (primary N) is 5. The Kier molecular flexibility index (Phi) is 34.3. The molecule has 0 saturated carbocycles. The molecule has 1 aliphatic rings. The summed E-state index contributed by atoms with van der Waals surface area (Å²) in [7, 11) is 0. The first-order valence-corrected chi connectivity index (χ1v) is 31.5. The van der Waals surface area contributed by atoms with Gasteiger partial charge in [0.25, 0.3) is 0 Å². The summed E-state index contributed by atoms with van der Waals surface area (Å²) < 4.78 is 5.60. The van der Waals surface area contributed by atoms with E-state index in [0.29, 0.717) is 0 Å². The molecule has 0 bridgehead atoms. The summed E-state index contributed by atoms with van der Waals surface area (Å²) in [4.78, 5) is 268. The van der Waals surface area contributed by atoms with Gasteiger partial charge in [0.15, 0.2) is 11.6 Å². The summed E-state index contributed by atoms with van der Waals surface area (Å²) in [6.45, 7) is -1.02. The number of nitrogen functional groups attached to an aromatic ring is 2. The van der Waals surface area contributed by atoms with E-state index in [4.69, 9.17) is 33.4 Å². The molecule has 0 aromatic heterocycles. The molecule has 1 aliphatic heterocycles. The van der Waals surface area contributed by atoms with Gasteiger partial charge in [-0.1, -0.05) is 31.2 Å². The monoisotopic (exact) mass is 1470 g/mol. The maximum absolute atomic E-state index is 14.7. The highest BCUT2D eigenvalue weighted by molar-refractivity contribution is 6.06. The Hall–Kier alpha value is -12.3. The van der Waals surface area contributed by atoms with Gasteiger partial charge in [0.2, 0.25) is 76.8 Å². The van der Waals surface area contributed by atoms with E-state index >= 15 is 0 Å². The van der Waals surface area contributed by atoms with Crippen molar-refractivity contribution in [3.8, 4) is 0 Å². The molecule has 2 aromatic rings. The lowest BCUT2D eigenvalue weighted by atomic mass is 9.96. The summed E-state index contributed by atoms with van der Waals surface area (Å²) in [6, 6.07) is -12.2. The summed E-state index contributed by atoms with van der Waals surface area (Å²) in [5.41, 5.74) is 28.4. The number of hydrogen-bond donors (Lipinski definition) is 22. The van der Waals surface area contributed by atoms with Crippen molar-refractivity contribution in [2.45, 2.75) is 151 Å². The normalized spacial score (nSPS) is 22.1. The van der Waals surface area contributed by atoms with Crippen LogP contribution in [0.25, 0.3) is 0 Å². The second-order valence-electron chi connectivity index (χ2n) is 23.5. The fourth-order valence-corrected chi connectivity index (χ4v) is 9.66. The lowest BCUT2D eigenvalue weighted by Gasteiger charge is -2.30. The molecule has 0 spiro atoms. The highest BCUT2D eigenvalue weighted by Crippen LogP contribution is 2.19. The predicted octanol–water partition coefficient (Wildman–Crippen LogP) is -9.79. The van der Waals surface area contributed by atoms with Crippen molar-refractivity contribution in [3.05, 3.63) is 59.7 Å². The van der Waals surface area contributed by atoms with Gasteiger partial charge in [0.1, 0.15) is 66.5 Å². The van der Waals surface area contributed by atoms with Crippen LogP contribution in [-0.2, 0) is 91.0 Å². The molecule has 2 aromatic carbocycles. The third-order valence-corrected chi connectivity index (χ3v) is 15.1. The molecule has 0 radical (unpaired) electrons. The summed E-state index contributed by atoms with van der Waals surface area (Å²) in [6.07, 6.45) is -10.5. The third kappa shape index (κ3) is 28.4. The number of aliphatic carboxylic acids is 4. The molecule has 43 nitrogen and oxygen atoms in total. The van der Waals surface area contributed by atoms with Crippen molar-refractivity contribution < 1.29 is 126 Å². The highest BCUT2D eigenvalue weighted by Gasteiger charge is 2.41. The Bertz CT molecular complexity index is 3610. The number of carboxylic acid groups (broad SMARTS) is 4. The van der Waals surface area contributed by atoms with Gasteiger partial charge in [-0.2, -0.15) is 0 Å². The maximum atomic E-state index is 14.7. The average Bonchev–Trinajstić information content (AvgIpc) is 0.841. The largest absolute Gasteiger partial charge is 0.481 e. The fourth-order valence-electron chi connectivity index (χ4n) is 9.66. The molecule has 43 heteroatoms. The number of ketones is 2. The number of rotatable bonds is 27. The van der Waals surface area contributed by atoms with Gasteiger partial charge in [0, 0.05) is 35.3 Å². The molecule has 568 valence electrons. The quantitative estimate of drug-likeness (QED) is 0.0224. The molecule has 13 amide bonds. The Morgan fingerprint density at radius 2 is 1.01 bits per heavy atom. The van der Waals surface area contributed by atoms with E-state index in [1.54, 1.807) is 0 Å². The first kappa shape index (κ1) is 85.9. The number of carbonyl (C=O) groups excluding carboxylic acids is 16. The average molecular weight is 1470 g/mol. The van der Waals surface area contributed by atoms with Gasteiger partial charge in [-0.25, -0.2) is 4.79 Å². The number of ether oxygens (including phenoxy) is 1. The number of nitrogens with one attached hydrogen (secondary N) is 12. The second kappa shape index (κ2) is 41.5. The summed E-state index contributed by atoms with van der Waals surface area (Å²) >= 11 is 0. The van der Waals surface area contributed by atoms with Crippen molar-refractivity contribution in [1.82, 2.24) is 63.8 Å². The van der Waals surface area contributed by atoms with Crippen LogP contribution in [-0.4, -0.2) is 243 Å². The topological polar surface area (TPSA) is 726 Å². The van der Waals surface area contributed by atoms with Gasteiger partial charge in [-0.15, -0.1) is 0 Å². The van der Waals surface area contributed by atoms with E-state index in [0.717, 1.165) is 20.8 Å². The van der Waals surface area contributed by atoms with Gasteiger partial charge in [0.05, 0.1) is 57.8 Å². The van der Waals surface area contributed by atoms with Crippen LogP contribution in [0.2, 0.25) is 0 Å². The van der Waals surface area contributed by atoms with E-state index in [2.05, 4.69) is 37.2 Å². The van der Waals surface area contributed by atoms with Crippen molar-refractivity contribution in [3.63, 3.8) is 0 Å². The van der Waals surface area contributed by atoms with Crippen LogP contribution in [0, 0.1) is 5.92 Å². The zero-order chi connectivity index (χ0) is 78.4. The van der Waals surface area contributed by atoms with Gasteiger partial charge >= 0.3 is 29.8 Å². The Labute approximate surface area is 589 Å². The fraction of sp³-hybridized carbons (Fsp3) is 0.475. The third-order valence-electron chi connectivity index (χ3n) is 15.1. The number of aliphatic hydroxyl groups is 1. The first-order valence-electron chi connectivity index (χ1n) is 31.5. The number of aliphatic hydroxyl groups excluding tert-OH is 1. The second-order valence-corrected chi connectivity index (χ2v) is 23.5. The van der Waals surface area contributed by atoms with E-state index in [1.165, 1.54) is 48.5 Å². The first-order chi connectivity index (χ1) is 48.8. The molecule has 13 atom stereocenters. The molecule has 104 heavy (non-hydrogen) atoms. The van der Waals surface area contributed by atoms with Crippen LogP contribution >= 0.6 is 0 Å². The number of amides is 13. The Morgan fingerprint density at radius 1 is 0.529 bits per heavy atom. The molecule has 0 aliphatic carbocycles. The molecule has 1 fully saturated rings. The van der Waals surface area contributed by atoms with Gasteiger partial charge in [-0.3, -0.25) is 91.1 Å². The van der Waals surface area contributed by atoms with Crippen molar-refractivity contribution in [2.75, 3.05) is 37.7 Å². The molecule has 27 N–H and O–H groups in total. The standard InChI is InChI=1S/C61H83N17O26/c1-25(15-45(85)86)49-60(102)76-38(17-41(81)29-10-5-7-12-31(29)64)61(103)104-27(3)50(78-57(99)37(21-48(91)92)75-56(98)34(18-42(66)82)73-52(94)32(65)16-40(80)28-9-4-6-11-30(28)63)59(101)68-23-43(83)70-33(13-8-14-62)54(96)74-36(20-47(89)90)55(97)69-26(2)51(93)72-35(19-46(87)88)53(95)67-22-44(84)71-39(24-79)58(100)77-49/h4-7,9-12,25-27,32-39,49-50,79H,8,13-24,62-65H2,1-3H3,(H2,66,82)(H,67,95)(H,68,101)(H,69,97)(H,70,83)(H,71,84)(H,72,93)(H,73,94)(H,74,96)(H,75,98)(H,76,102)(H,77,100)(H,78,99)(H,85,86)(H,87,88)(H,89,90)(H,91,92)/t25?,26?,27?,32-,33?,34-,35?,36?,37-,38?,39?,49?,50?/m0/s1. The molecular weight excluding hydrogens is 1390 g/mol. The number of Topliss-reactive ketones (excluding diaryl/α,β-unsaturated/α-hetero) is 2. The molecule has 1 saturated heterocycles. The molecule has 1 heterocycles. The van der Waals surface area contributed by atoms with Crippen LogP contribution in [0.4, 0.5) is 11.4 Å². The number of primary amides is 1. The number of para-hydroxylation sites is 2. The maximum Gasteiger partial charge on any atom is 0.329 e. The van der Waals surface area contributed by atoms with Crippen LogP contribution in [0.1, 0.15) is 99.3 Å². The van der Waals surface area contributed by atoms with Crippen molar-refractivity contribution in [2.24, 2.45) is 23.1 Å². The Morgan fingerprint density at radius 3 is 1.54 bits per heavy atom. The van der Waals surface area contributed by atoms with E-state index < -0.39 is 268 Å². The Balaban J connectivity index is 2.28. The van der Waals surface area contributed by atoms with Crippen LogP contribution in [0.3, 0.4) is 0 Å². The van der Waals surface area contributed by atoms with Crippen LogP contribution < -0.4 is 92.5 Å². The minimum atomic E-state index is -2.45. The molecule has 10 unspecified atom stereocenters. The summed E-state index contributed by atoms with van der Waals surface area (Å²) in [5, 5.41) is 74.2. The molecular formula is C61H83N17O26. The van der Waals surface area contributed by atoms with Gasteiger partial charge < -0.3 is 123 Å². The summed E-state index contributed by atoms with van der Waals surface area (Å²) in [5.74, 6) is -30.4. The van der Waals surface area contributed by atoms with Crippen molar-refractivity contribution in [1.29, 1.82) is 0 Å². The SMILES string of the molecule is CC1NC(=O)C(CC(=O)O)NC(=O)C(CCCN)NC(=O)CNC(=O)C(NC(=O)[C@H](CC(=O)O)NC(=O)[C@H](CC(N)=O)NC(=O)[C@@H](N)CC(=O)c2ccccc2N)C(C)OC(=O)C(CC(=O)c2ccccc2N)NC(=O)C(C(C)CC(=O)O)NC(=O)C(CO)NC(=O)CNC(=O)C(CC(=O)O)NC1=O. The lowest BCUT2D eigenvalue weighted by Crippen LogP contribution is -2.61. The van der Waals surface area contributed by atoms with Crippen LogP contribution in [0.15, 0.2) is 48.5 Å². The number of cyclic esters (lactones) is 1. The number of carbonyl (C=O) groups is 20. The van der Waals surface area contributed by atoms with E-state index in [1.807, 2.05) is 26.6 Å². The highest BCUT2D eigenvalue weighted by atomic mass is 16.5. The number of esters is 1. The van der Waals surface area contributed by atoms with E-state index in [-0.39, 0.29) is 35.5 Å². The number of benzene rings is 2. The minimum Gasteiger partial charge on any atom is -0.481 e. The molecule has 3 rings (SSSR count). The van der Waals surface area contributed by atoms with Crippen molar-refractivity contribution >= 4 is 130 Å². The number of carboxylic acids is 4. The zero-order valence-electron chi connectivity index (χ0n) is 56.0. The zero-order valence-corrected chi connectivity index (χ0v) is 56.0. The van der Waals surface area contributed by atoms with Gasteiger partial charge in [-0.05, 0) is 63.4 Å².